The van der Waals surface area contributed by atoms with Gasteiger partial charge in [0, 0.05) is 13.2 Å². The molecule has 1 atom stereocenters. The lowest BCUT2D eigenvalue weighted by Gasteiger charge is -2.16. The zero-order valence-corrected chi connectivity index (χ0v) is 13.9. The zero-order valence-electron chi connectivity index (χ0n) is 13.1. The van der Waals surface area contributed by atoms with Gasteiger partial charge in [0.15, 0.2) is 0 Å². The van der Waals surface area contributed by atoms with Crippen LogP contribution in [0.3, 0.4) is 0 Å². The van der Waals surface area contributed by atoms with E-state index in [-0.39, 0.29) is 23.9 Å². The van der Waals surface area contributed by atoms with Gasteiger partial charge in [-0.3, -0.25) is 14.2 Å². The molecule has 0 spiro atoms. The van der Waals surface area contributed by atoms with E-state index in [4.69, 9.17) is 16.3 Å². The van der Waals surface area contributed by atoms with Crippen LogP contribution in [0.4, 0.5) is 5.82 Å². The summed E-state index contributed by atoms with van der Waals surface area (Å²) in [5.41, 5.74) is 0.205. The van der Waals surface area contributed by atoms with Gasteiger partial charge in [0.1, 0.15) is 17.4 Å². The van der Waals surface area contributed by atoms with Crippen molar-refractivity contribution < 1.29 is 14.3 Å². The average Bonchev–Trinajstić information content (AvgIpc) is 3.08. The topological polar surface area (TPSA) is 91.0 Å². The van der Waals surface area contributed by atoms with Gasteiger partial charge in [-0.1, -0.05) is 18.5 Å². The minimum Gasteiger partial charge on any atom is -0.462 e. The van der Waals surface area contributed by atoms with E-state index in [2.05, 4.69) is 15.5 Å². The van der Waals surface area contributed by atoms with Crippen molar-refractivity contribution in [2.75, 3.05) is 11.9 Å². The van der Waals surface area contributed by atoms with E-state index in [0.29, 0.717) is 11.4 Å². The summed E-state index contributed by atoms with van der Waals surface area (Å²) in [5.74, 6) is -0.572. The van der Waals surface area contributed by atoms with Crippen LogP contribution in [0.5, 0.6) is 0 Å². The van der Waals surface area contributed by atoms with Crippen LogP contribution in [0.2, 0.25) is 5.02 Å². The van der Waals surface area contributed by atoms with Crippen molar-refractivity contribution in [2.24, 2.45) is 7.05 Å². The number of ether oxygens (including phenoxy) is 1. The van der Waals surface area contributed by atoms with Crippen molar-refractivity contribution in [3.8, 4) is 0 Å². The van der Waals surface area contributed by atoms with Crippen LogP contribution in [0.15, 0.2) is 18.6 Å². The van der Waals surface area contributed by atoms with Gasteiger partial charge in [-0.05, 0) is 13.3 Å². The molecular weight excluding hydrogens is 322 g/mol. The molecule has 0 bridgehead atoms. The fourth-order valence-electron chi connectivity index (χ4n) is 2.12. The largest absolute Gasteiger partial charge is 0.462 e. The van der Waals surface area contributed by atoms with Gasteiger partial charge < -0.3 is 10.1 Å². The number of nitrogens with zero attached hydrogens (tertiary/aromatic N) is 4. The Morgan fingerprint density at radius 1 is 1.35 bits per heavy atom. The smallest absolute Gasteiger partial charge is 0.343 e. The summed E-state index contributed by atoms with van der Waals surface area (Å²) in [7, 11) is 1.63. The quantitative estimate of drug-likeness (QED) is 0.813. The van der Waals surface area contributed by atoms with Crippen LogP contribution in [0.1, 0.15) is 36.7 Å². The van der Waals surface area contributed by atoms with Crippen molar-refractivity contribution in [2.45, 2.75) is 26.3 Å². The molecule has 8 nitrogen and oxygen atoms in total. The molecule has 2 aromatic rings. The molecule has 2 rings (SSSR count). The fourth-order valence-corrected chi connectivity index (χ4v) is 2.27. The van der Waals surface area contributed by atoms with Gasteiger partial charge in [-0.2, -0.15) is 10.2 Å². The lowest BCUT2D eigenvalue weighted by Crippen LogP contribution is -2.27. The fraction of sp³-hybridized carbons (Fsp3) is 0.429. The maximum absolute atomic E-state index is 12.5. The summed E-state index contributed by atoms with van der Waals surface area (Å²) in [6.45, 7) is 3.81. The molecule has 23 heavy (non-hydrogen) atoms. The zero-order chi connectivity index (χ0) is 17.0. The Labute approximate surface area is 138 Å². The molecule has 2 aromatic heterocycles. The summed E-state index contributed by atoms with van der Waals surface area (Å²) < 4.78 is 7.85. The Hall–Kier alpha value is -2.35. The number of hydrogen-bond donors (Lipinski definition) is 1. The predicted molar refractivity (Wildman–Crippen MR) is 84.4 cm³/mol. The van der Waals surface area contributed by atoms with Crippen LogP contribution < -0.4 is 5.32 Å². The second-order valence-electron chi connectivity index (χ2n) is 4.80. The van der Waals surface area contributed by atoms with E-state index >= 15 is 0 Å². The molecule has 0 aliphatic carbocycles. The summed E-state index contributed by atoms with van der Waals surface area (Å²) in [6.07, 6.45) is 4.91. The van der Waals surface area contributed by atoms with Gasteiger partial charge in [-0.25, -0.2) is 4.79 Å². The number of aromatic nitrogens is 4. The standard InChI is InChI=1S/C14H18ClN5O3/c1-4-11(20-8-9(15)6-17-20)13(21)18-12-10(7-16-19(12)3)14(22)23-5-2/h6-8,11H,4-5H2,1-3H3,(H,18,21). The average molecular weight is 340 g/mol. The molecule has 9 heteroatoms. The third kappa shape index (κ3) is 3.70. The number of anilines is 1. The van der Waals surface area contributed by atoms with E-state index in [1.165, 1.54) is 21.8 Å². The van der Waals surface area contributed by atoms with Gasteiger partial charge in [0.2, 0.25) is 5.91 Å². The highest BCUT2D eigenvalue weighted by Gasteiger charge is 2.24. The normalized spacial score (nSPS) is 12.0. The van der Waals surface area contributed by atoms with E-state index in [1.54, 1.807) is 20.2 Å². The Bertz CT molecular complexity index is 709. The van der Waals surface area contributed by atoms with E-state index < -0.39 is 12.0 Å². The number of amides is 1. The van der Waals surface area contributed by atoms with Gasteiger partial charge >= 0.3 is 5.97 Å². The third-order valence-electron chi connectivity index (χ3n) is 3.25. The molecule has 1 amide bonds. The molecular formula is C14H18ClN5O3. The molecule has 0 aromatic carbocycles. The Kier molecular flexibility index (Phi) is 5.38. The van der Waals surface area contributed by atoms with E-state index in [1.807, 2.05) is 6.92 Å². The lowest BCUT2D eigenvalue weighted by atomic mass is 10.2. The molecule has 124 valence electrons. The number of halogens is 1. The van der Waals surface area contributed by atoms with Crippen LogP contribution >= 0.6 is 11.6 Å². The van der Waals surface area contributed by atoms with Crippen molar-refractivity contribution in [1.82, 2.24) is 19.6 Å². The second-order valence-corrected chi connectivity index (χ2v) is 5.24. The Balaban J connectivity index is 2.22. The molecule has 1 N–H and O–H groups in total. The van der Waals surface area contributed by atoms with Crippen LogP contribution in [-0.4, -0.2) is 38.0 Å². The first-order chi connectivity index (χ1) is 11.0. The van der Waals surface area contributed by atoms with Crippen molar-refractivity contribution >= 4 is 29.3 Å². The van der Waals surface area contributed by atoms with Crippen molar-refractivity contribution in [3.05, 3.63) is 29.2 Å². The number of nitrogens with one attached hydrogen (secondary N) is 1. The summed E-state index contributed by atoms with van der Waals surface area (Å²) in [4.78, 5) is 24.4. The molecule has 0 fully saturated rings. The summed E-state index contributed by atoms with van der Waals surface area (Å²) in [5, 5.41) is 11.2. The first-order valence-corrected chi connectivity index (χ1v) is 7.55. The van der Waals surface area contributed by atoms with Crippen molar-refractivity contribution in [3.63, 3.8) is 0 Å². The van der Waals surface area contributed by atoms with Gasteiger partial charge in [0.25, 0.3) is 0 Å². The maximum Gasteiger partial charge on any atom is 0.343 e. The Morgan fingerprint density at radius 3 is 2.65 bits per heavy atom. The number of carbonyl (C=O) groups is 2. The highest BCUT2D eigenvalue weighted by molar-refractivity contribution is 6.30. The minimum absolute atomic E-state index is 0.205. The number of esters is 1. The SMILES string of the molecule is CCOC(=O)c1cnn(C)c1NC(=O)C(CC)n1cc(Cl)cn1. The third-order valence-corrected chi connectivity index (χ3v) is 3.45. The van der Waals surface area contributed by atoms with Gasteiger partial charge in [-0.15, -0.1) is 0 Å². The first kappa shape index (κ1) is 17.0. The highest BCUT2D eigenvalue weighted by Crippen LogP contribution is 2.20. The molecule has 1 unspecified atom stereocenters. The summed E-state index contributed by atoms with van der Waals surface area (Å²) in [6, 6.07) is -0.549. The molecule has 0 aliphatic rings. The predicted octanol–water partition coefficient (Wildman–Crippen LogP) is 2.04. The van der Waals surface area contributed by atoms with Gasteiger partial charge in [0.05, 0.1) is 24.0 Å². The first-order valence-electron chi connectivity index (χ1n) is 7.17. The molecule has 0 radical (unpaired) electrons. The van der Waals surface area contributed by atoms with Crippen LogP contribution in [0.25, 0.3) is 0 Å². The Morgan fingerprint density at radius 2 is 2.09 bits per heavy atom. The van der Waals surface area contributed by atoms with Crippen LogP contribution in [-0.2, 0) is 16.6 Å². The van der Waals surface area contributed by atoms with E-state index in [0.717, 1.165) is 0 Å². The van der Waals surface area contributed by atoms with E-state index in [9.17, 15) is 9.59 Å². The van der Waals surface area contributed by atoms with Crippen LogP contribution in [0, 0.1) is 0 Å². The number of rotatable bonds is 6. The molecule has 0 saturated carbocycles. The second kappa shape index (κ2) is 7.28. The molecule has 2 heterocycles. The summed E-state index contributed by atoms with van der Waals surface area (Å²) >= 11 is 5.85. The maximum atomic E-state index is 12.5. The number of hydrogen-bond acceptors (Lipinski definition) is 5. The monoisotopic (exact) mass is 339 g/mol. The molecule has 0 aliphatic heterocycles. The molecule has 0 saturated heterocycles. The lowest BCUT2D eigenvalue weighted by molar-refractivity contribution is -0.119. The number of carbonyl (C=O) groups excluding carboxylic acids is 2. The minimum atomic E-state index is -0.549. The van der Waals surface area contributed by atoms with Crippen molar-refractivity contribution in [1.29, 1.82) is 0 Å². The number of aryl methyl sites for hydroxylation is 1. The highest BCUT2D eigenvalue weighted by atomic mass is 35.5.